The van der Waals surface area contributed by atoms with Gasteiger partial charge in [0.25, 0.3) is 0 Å². The van der Waals surface area contributed by atoms with Crippen LogP contribution in [0, 0.1) is 5.92 Å². The number of carbonyl (C=O) groups is 1. The monoisotopic (exact) mass is 190 g/mol. The van der Waals surface area contributed by atoms with Gasteiger partial charge in [0.05, 0.1) is 5.92 Å². The van der Waals surface area contributed by atoms with Crippen molar-refractivity contribution in [3.05, 3.63) is 0 Å². The predicted molar refractivity (Wildman–Crippen MR) is 22.5 cm³/mol. The summed E-state index contributed by atoms with van der Waals surface area (Å²) in [5, 5.41) is 7.99. The van der Waals surface area contributed by atoms with Crippen LogP contribution >= 0.6 is 0 Å². The molecule has 8 heavy (non-hydrogen) atoms. The number of aliphatic carboxylic acids is 1. The smallest absolute Gasteiger partial charge is 1.00 e. The van der Waals surface area contributed by atoms with Gasteiger partial charge in [0, 0.05) is 0 Å². The van der Waals surface area contributed by atoms with Gasteiger partial charge >= 0.3 is 35.5 Å². The maximum atomic E-state index is 9.70. The Bertz CT molecular complexity index is 65.1. The average molecular weight is 191 g/mol. The molecule has 0 amide bonds. The van der Waals surface area contributed by atoms with Crippen molar-refractivity contribution < 1.29 is 56.4 Å². The first kappa shape index (κ1) is 16.0. The Morgan fingerprint density at radius 3 is 1.62 bits per heavy atom. The van der Waals surface area contributed by atoms with Gasteiger partial charge in [0.15, 0.2) is 0 Å². The molecular weight excluding hydrogens is 183 g/mol. The largest absolute Gasteiger partial charge is 1.00 e. The molecule has 0 heterocycles. The second-order valence-corrected chi connectivity index (χ2v) is 1.49. The van der Waals surface area contributed by atoms with Gasteiger partial charge in [-0.15, -0.1) is 0 Å². The van der Waals surface area contributed by atoms with E-state index >= 15 is 0 Å². The van der Waals surface area contributed by atoms with Gasteiger partial charge in [-0.2, -0.15) is 0 Å². The second-order valence-electron chi connectivity index (χ2n) is 1.49. The molecule has 4 heteroatoms. The van der Waals surface area contributed by atoms with E-state index in [-0.39, 0.29) is 52.5 Å². The summed E-state index contributed by atoms with van der Waals surface area (Å²) in [5.41, 5.74) is 0. The first-order valence-corrected chi connectivity index (χ1v) is 1.87. The van der Waals surface area contributed by atoms with Gasteiger partial charge in [-0.3, -0.25) is 4.79 Å². The van der Waals surface area contributed by atoms with Crippen LogP contribution in [0.25, 0.3) is 0 Å². The van der Waals surface area contributed by atoms with Crippen LogP contribution in [-0.2, 0) is 4.79 Å². The van der Waals surface area contributed by atoms with Crippen molar-refractivity contribution in [3.8, 4) is 0 Å². The SMILES string of the molecule is CC(C)C(=O)O.[Br-].[Na+]. The van der Waals surface area contributed by atoms with Crippen molar-refractivity contribution in [3.63, 3.8) is 0 Å². The molecule has 0 aliphatic heterocycles. The van der Waals surface area contributed by atoms with E-state index in [1.165, 1.54) is 0 Å². The van der Waals surface area contributed by atoms with Gasteiger partial charge in [-0.1, -0.05) is 13.8 Å². The third kappa shape index (κ3) is 10.0. The number of carboxylic acids is 1. The summed E-state index contributed by atoms with van der Waals surface area (Å²) in [4.78, 5) is 9.70. The van der Waals surface area contributed by atoms with Gasteiger partial charge < -0.3 is 22.1 Å². The minimum atomic E-state index is -0.741. The standard InChI is InChI=1S/C4H8O2.BrH.Na/c1-3(2)4(5)6;;/h3H,1-2H3,(H,5,6);1H;/q;;+1/p-1. The van der Waals surface area contributed by atoms with E-state index in [0.717, 1.165) is 0 Å². The van der Waals surface area contributed by atoms with Crippen LogP contribution in [0.4, 0.5) is 0 Å². The van der Waals surface area contributed by atoms with E-state index in [1.807, 2.05) is 0 Å². The van der Waals surface area contributed by atoms with Gasteiger partial charge in [0.1, 0.15) is 0 Å². The van der Waals surface area contributed by atoms with Gasteiger partial charge in [-0.05, 0) is 0 Å². The molecule has 44 valence electrons. The van der Waals surface area contributed by atoms with E-state index in [0.29, 0.717) is 0 Å². The van der Waals surface area contributed by atoms with Crippen LogP contribution in [-0.4, -0.2) is 11.1 Å². The Balaban J connectivity index is -0.000000125. The maximum Gasteiger partial charge on any atom is 1.00 e. The Morgan fingerprint density at radius 1 is 1.50 bits per heavy atom. The Hall–Kier alpha value is 0.950. The van der Waals surface area contributed by atoms with Crippen molar-refractivity contribution in [2.45, 2.75) is 13.8 Å². The molecule has 0 rings (SSSR count). The molecule has 0 atom stereocenters. The summed E-state index contributed by atoms with van der Waals surface area (Å²) < 4.78 is 0. The molecule has 0 saturated carbocycles. The molecule has 1 N–H and O–H groups in total. The molecule has 0 aromatic carbocycles. The third-order valence-corrected chi connectivity index (χ3v) is 0.494. The first-order valence-electron chi connectivity index (χ1n) is 1.87. The maximum absolute atomic E-state index is 9.70. The van der Waals surface area contributed by atoms with Crippen LogP contribution in [0.1, 0.15) is 13.8 Å². The Kier molecular flexibility index (Phi) is 15.9. The van der Waals surface area contributed by atoms with E-state index in [9.17, 15) is 4.79 Å². The molecule has 0 unspecified atom stereocenters. The number of rotatable bonds is 1. The third-order valence-electron chi connectivity index (χ3n) is 0.494. The zero-order chi connectivity index (χ0) is 5.15. The molecule has 0 aliphatic carbocycles. The summed E-state index contributed by atoms with van der Waals surface area (Å²) in [6.45, 7) is 3.28. The summed E-state index contributed by atoms with van der Waals surface area (Å²) in [6, 6.07) is 0. The number of hydrogen-bond acceptors (Lipinski definition) is 1. The Labute approximate surface area is 81.7 Å². The predicted octanol–water partition coefficient (Wildman–Crippen LogP) is -5.26. The van der Waals surface area contributed by atoms with Crippen molar-refractivity contribution in [2.75, 3.05) is 0 Å². The zero-order valence-electron chi connectivity index (χ0n) is 5.31. The van der Waals surface area contributed by atoms with Gasteiger partial charge in [0.2, 0.25) is 0 Å². The molecule has 0 radical (unpaired) electrons. The van der Waals surface area contributed by atoms with Gasteiger partial charge in [-0.25, -0.2) is 0 Å². The minimum Gasteiger partial charge on any atom is -1.00 e. The molecule has 0 saturated heterocycles. The van der Waals surface area contributed by atoms with Crippen molar-refractivity contribution in [1.82, 2.24) is 0 Å². The van der Waals surface area contributed by atoms with Crippen LogP contribution in [0.5, 0.6) is 0 Å². The molecule has 0 fully saturated rings. The fourth-order valence-electron chi connectivity index (χ4n) is 0. The summed E-state index contributed by atoms with van der Waals surface area (Å²) >= 11 is 0. The van der Waals surface area contributed by atoms with Crippen molar-refractivity contribution in [2.24, 2.45) is 5.92 Å². The zero-order valence-corrected chi connectivity index (χ0v) is 8.90. The normalized spacial score (nSPS) is 6.88. The van der Waals surface area contributed by atoms with Crippen LogP contribution in [0.3, 0.4) is 0 Å². The number of carboxylic acid groups (broad SMARTS) is 1. The minimum absolute atomic E-state index is 0. The number of halogens is 1. The molecule has 0 bridgehead atoms. The van der Waals surface area contributed by atoms with Crippen molar-refractivity contribution in [1.29, 1.82) is 0 Å². The fourth-order valence-corrected chi connectivity index (χ4v) is 0. The molecular formula is C4H8BrNaO2. The summed E-state index contributed by atoms with van der Waals surface area (Å²) in [7, 11) is 0. The Morgan fingerprint density at radius 2 is 1.62 bits per heavy atom. The second kappa shape index (κ2) is 7.95. The van der Waals surface area contributed by atoms with E-state index in [1.54, 1.807) is 13.8 Å². The number of hydrogen-bond donors (Lipinski definition) is 1. The summed E-state index contributed by atoms with van der Waals surface area (Å²) in [5.74, 6) is -0.972. The molecule has 0 spiro atoms. The quantitative estimate of drug-likeness (QED) is 0.420. The van der Waals surface area contributed by atoms with Crippen LogP contribution in [0.2, 0.25) is 0 Å². The molecule has 2 nitrogen and oxygen atoms in total. The first-order chi connectivity index (χ1) is 2.64. The van der Waals surface area contributed by atoms with E-state index in [2.05, 4.69) is 0 Å². The fraction of sp³-hybridized carbons (Fsp3) is 0.750. The van der Waals surface area contributed by atoms with E-state index in [4.69, 9.17) is 5.11 Å². The van der Waals surface area contributed by atoms with Crippen LogP contribution in [0.15, 0.2) is 0 Å². The topological polar surface area (TPSA) is 37.3 Å². The average Bonchev–Trinajstić information content (AvgIpc) is 1.36. The van der Waals surface area contributed by atoms with Crippen LogP contribution < -0.4 is 46.5 Å². The molecule has 0 aromatic heterocycles. The van der Waals surface area contributed by atoms with E-state index < -0.39 is 5.97 Å². The van der Waals surface area contributed by atoms with Crippen molar-refractivity contribution >= 4 is 5.97 Å². The summed E-state index contributed by atoms with van der Waals surface area (Å²) in [6.07, 6.45) is 0. The molecule has 0 aromatic rings. The molecule has 0 aliphatic rings.